The predicted octanol–water partition coefficient (Wildman–Crippen LogP) is 3.80. The number of benzene rings is 1. The van der Waals surface area contributed by atoms with Crippen LogP contribution in [-0.4, -0.2) is 19.0 Å². The third kappa shape index (κ3) is 3.91. The Morgan fingerprint density at radius 2 is 1.96 bits per heavy atom. The molecule has 0 saturated heterocycles. The maximum atomic E-state index is 12.7. The number of nitrogens with one attached hydrogen (secondary N) is 1. The van der Waals surface area contributed by atoms with Gasteiger partial charge >= 0.3 is 11.6 Å². The van der Waals surface area contributed by atoms with Crippen LogP contribution in [0.1, 0.15) is 33.3 Å². The normalized spacial score (nSPS) is 10.7. The quantitative estimate of drug-likeness (QED) is 0.516. The Bertz CT molecular complexity index is 1130. The van der Waals surface area contributed by atoms with Gasteiger partial charge in [-0.2, -0.15) is 0 Å². The predicted molar refractivity (Wildman–Crippen MR) is 106 cm³/mol. The summed E-state index contributed by atoms with van der Waals surface area (Å²) in [6.45, 7) is 4.93. The molecule has 7 nitrogen and oxygen atoms in total. The van der Waals surface area contributed by atoms with Gasteiger partial charge in [0.2, 0.25) is 5.91 Å². The van der Waals surface area contributed by atoms with E-state index in [2.05, 4.69) is 5.32 Å². The number of amides is 1. The van der Waals surface area contributed by atoms with Crippen LogP contribution in [0.4, 0.5) is 5.00 Å². The van der Waals surface area contributed by atoms with Gasteiger partial charge in [0, 0.05) is 34.9 Å². The summed E-state index contributed by atoms with van der Waals surface area (Å²) in [5.41, 5.74) is 1.40. The summed E-state index contributed by atoms with van der Waals surface area (Å²) in [4.78, 5) is 36.9. The summed E-state index contributed by atoms with van der Waals surface area (Å²) in [6.07, 6.45) is 0. The summed E-state index contributed by atoms with van der Waals surface area (Å²) >= 11 is 1.32. The maximum absolute atomic E-state index is 12.7. The second-order valence-corrected chi connectivity index (χ2v) is 7.42. The molecule has 28 heavy (non-hydrogen) atoms. The van der Waals surface area contributed by atoms with E-state index in [-0.39, 0.29) is 12.5 Å². The lowest BCUT2D eigenvalue weighted by molar-refractivity contribution is -0.114. The van der Waals surface area contributed by atoms with Crippen LogP contribution in [0.15, 0.2) is 33.5 Å². The first-order valence-corrected chi connectivity index (χ1v) is 9.27. The number of thiophene rings is 1. The van der Waals surface area contributed by atoms with Crippen LogP contribution in [0.3, 0.4) is 0 Å². The molecule has 0 radical (unpaired) electrons. The molecule has 146 valence electrons. The Morgan fingerprint density at radius 3 is 2.64 bits per heavy atom. The van der Waals surface area contributed by atoms with E-state index in [0.29, 0.717) is 32.8 Å². The van der Waals surface area contributed by atoms with Crippen LogP contribution in [-0.2, 0) is 16.1 Å². The van der Waals surface area contributed by atoms with Gasteiger partial charge < -0.3 is 19.2 Å². The lowest BCUT2D eigenvalue weighted by Crippen LogP contribution is -2.12. The molecule has 3 rings (SSSR count). The molecule has 0 spiro atoms. The number of carbonyl (C=O) groups is 2. The first-order chi connectivity index (χ1) is 13.3. The lowest BCUT2D eigenvalue weighted by atomic mass is 10.1. The Morgan fingerprint density at radius 1 is 1.21 bits per heavy atom. The molecule has 0 unspecified atom stereocenters. The number of methoxy groups -OCH3 is 1. The minimum Gasteiger partial charge on any atom is -0.497 e. The molecule has 0 aliphatic heterocycles. The molecule has 3 aromatic rings. The largest absolute Gasteiger partial charge is 0.497 e. The molecule has 0 aliphatic carbocycles. The van der Waals surface area contributed by atoms with Crippen molar-refractivity contribution in [2.75, 3.05) is 12.4 Å². The Labute approximate surface area is 164 Å². The minimum absolute atomic E-state index is 0.110. The van der Waals surface area contributed by atoms with Crippen LogP contribution < -0.4 is 15.7 Å². The molecule has 0 bridgehead atoms. The molecular weight excluding hydrogens is 382 g/mol. The highest BCUT2D eigenvalue weighted by Crippen LogP contribution is 2.33. The van der Waals surface area contributed by atoms with Gasteiger partial charge in [0.25, 0.3) is 0 Å². The third-order valence-electron chi connectivity index (χ3n) is 4.28. The summed E-state index contributed by atoms with van der Waals surface area (Å²) in [7, 11) is 1.52. The number of aryl methyl sites for hydroxylation is 1. The van der Waals surface area contributed by atoms with Crippen LogP contribution >= 0.6 is 11.3 Å². The molecule has 1 aromatic carbocycles. The molecule has 1 N–H and O–H groups in total. The first kappa shape index (κ1) is 19.6. The lowest BCUT2D eigenvalue weighted by Gasteiger charge is -2.09. The zero-order chi connectivity index (χ0) is 20.4. The standard InChI is InChI=1S/C20H19NO6S/c1-10-11(2)28-19(21-12(3)22)18(10)20(24)26-9-13-7-17(23)27-16-8-14(25-4)5-6-15(13)16/h5-8H,9H2,1-4H3,(H,21,22). The van der Waals surface area contributed by atoms with Crippen molar-refractivity contribution in [3.63, 3.8) is 0 Å². The van der Waals surface area contributed by atoms with Crippen molar-refractivity contribution in [1.82, 2.24) is 0 Å². The third-order valence-corrected chi connectivity index (χ3v) is 5.40. The van der Waals surface area contributed by atoms with Crippen molar-refractivity contribution < 1.29 is 23.5 Å². The summed E-state index contributed by atoms with van der Waals surface area (Å²) in [6, 6.07) is 6.36. The highest BCUT2D eigenvalue weighted by molar-refractivity contribution is 7.16. The first-order valence-electron chi connectivity index (χ1n) is 8.45. The molecule has 8 heteroatoms. The fourth-order valence-corrected chi connectivity index (χ4v) is 3.89. The van der Waals surface area contributed by atoms with Crippen molar-refractivity contribution in [2.45, 2.75) is 27.4 Å². The molecule has 2 aromatic heterocycles. The SMILES string of the molecule is COc1ccc2c(COC(=O)c3c(NC(C)=O)sc(C)c3C)cc(=O)oc2c1. The zero-order valence-electron chi connectivity index (χ0n) is 15.9. The molecule has 0 atom stereocenters. The Kier molecular flexibility index (Phi) is 5.51. The van der Waals surface area contributed by atoms with Gasteiger partial charge in [-0.1, -0.05) is 0 Å². The molecule has 0 aliphatic rings. The number of esters is 1. The number of anilines is 1. The van der Waals surface area contributed by atoms with Gasteiger partial charge in [-0.25, -0.2) is 9.59 Å². The molecule has 1 amide bonds. The monoisotopic (exact) mass is 401 g/mol. The van der Waals surface area contributed by atoms with E-state index in [1.807, 2.05) is 6.92 Å². The van der Waals surface area contributed by atoms with E-state index in [9.17, 15) is 14.4 Å². The number of rotatable bonds is 5. The summed E-state index contributed by atoms with van der Waals surface area (Å²) in [5.74, 6) is -0.287. The van der Waals surface area contributed by atoms with Crippen molar-refractivity contribution in [2.24, 2.45) is 0 Å². The summed E-state index contributed by atoms with van der Waals surface area (Å²) in [5, 5.41) is 3.77. The number of hydrogen-bond acceptors (Lipinski definition) is 7. The van der Waals surface area contributed by atoms with Gasteiger partial charge in [0.15, 0.2) is 0 Å². The topological polar surface area (TPSA) is 94.8 Å². The summed E-state index contributed by atoms with van der Waals surface area (Å²) < 4.78 is 15.8. The van der Waals surface area contributed by atoms with E-state index < -0.39 is 11.6 Å². The smallest absolute Gasteiger partial charge is 0.341 e. The van der Waals surface area contributed by atoms with Gasteiger partial charge in [-0.05, 0) is 31.5 Å². The van der Waals surface area contributed by atoms with E-state index in [1.165, 1.54) is 31.4 Å². The van der Waals surface area contributed by atoms with Gasteiger partial charge in [-0.15, -0.1) is 11.3 Å². The van der Waals surface area contributed by atoms with Crippen LogP contribution in [0.25, 0.3) is 11.0 Å². The van der Waals surface area contributed by atoms with Crippen LogP contribution in [0.2, 0.25) is 0 Å². The fourth-order valence-electron chi connectivity index (χ4n) is 2.79. The highest BCUT2D eigenvalue weighted by Gasteiger charge is 2.22. The van der Waals surface area contributed by atoms with Gasteiger partial charge in [0.05, 0.1) is 12.7 Å². The van der Waals surface area contributed by atoms with Gasteiger partial charge in [-0.3, -0.25) is 4.79 Å². The Hall–Kier alpha value is -3.13. The average Bonchev–Trinajstić information content (AvgIpc) is 2.91. The van der Waals surface area contributed by atoms with E-state index in [1.54, 1.807) is 25.1 Å². The van der Waals surface area contributed by atoms with E-state index in [4.69, 9.17) is 13.9 Å². The second kappa shape index (κ2) is 7.85. The number of fused-ring (bicyclic) bond motifs is 1. The van der Waals surface area contributed by atoms with E-state index >= 15 is 0 Å². The average molecular weight is 401 g/mol. The van der Waals surface area contributed by atoms with Crippen molar-refractivity contribution >= 4 is 39.2 Å². The Balaban J connectivity index is 1.90. The molecule has 2 heterocycles. The van der Waals surface area contributed by atoms with E-state index in [0.717, 1.165) is 10.4 Å². The number of hydrogen-bond donors (Lipinski definition) is 1. The van der Waals surface area contributed by atoms with Crippen LogP contribution in [0, 0.1) is 13.8 Å². The van der Waals surface area contributed by atoms with Crippen molar-refractivity contribution in [1.29, 1.82) is 0 Å². The van der Waals surface area contributed by atoms with Crippen molar-refractivity contribution in [3.05, 3.63) is 56.3 Å². The van der Waals surface area contributed by atoms with Crippen molar-refractivity contribution in [3.8, 4) is 5.75 Å². The zero-order valence-corrected chi connectivity index (χ0v) is 16.7. The molecular formula is C20H19NO6S. The molecule has 0 saturated carbocycles. The fraction of sp³-hybridized carbons (Fsp3) is 0.250. The highest BCUT2D eigenvalue weighted by atomic mass is 32.1. The second-order valence-electron chi connectivity index (χ2n) is 6.20. The number of ether oxygens (including phenoxy) is 2. The van der Waals surface area contributed by atoms with Crippen LogP contribution in [0.5, 0.6) is 5.75 Å². The number of carbonyl (C=O) groups excluding carboxylic acids is 2. The van der Waals surface area contributed by atoms with Gasteiger partial charge in [0.1, 0.15) is 22.9 Å². The maximum Gasteiger partial charge on any atom is 0.341 e. The molecule has 0 fully saturated rings. The minimum atomic E-state index is -0.569.